The second kappa shape index (κ2) is 17.4. The molecule has 4 atom stereocenters. The Morgan fingerprint density at radius 3 is 1.90 bits per heavy atom. The van der Waals surface area contributed by atoms with Crippen LogP contribution in [0.2, 0.25) is 0 Å². The lowest BCUT2D eigenvalue weighted by atomic mass is 9.80. The van der Waals surface area contributed by atoms with Gasteiger partial charge in [0.15, 0.2) is 0 Å². The monoisotopic (exact) mass is 712 g/mol. The smallest absolute Gasteiger partial charge is 0.407 e. The van der Waals surface area contributed by atoms with Crippen LogP contribution in [-0.4, -0.2) is 59.7 Å². The predicted octanol–water partition coefficient (Wildman–Crippen LogP) is 7.55. The second-order valence-electron chi connectivity index (χ2n) is 16.4. The summed E-state index contributed by atoms with van der Waals surface area (Å²) in [5, 5.41) is 5.93. The van der Waals surface area contributed by atoms with Gasteiger partial charge in [-0.25, -0.2) is 4.79 Å². The average molecular weight is 713 g/mol. The Balaban J connectivity index is 0.000000281. The molecule has 2 aliphatic heterocycles. The number of carbonyl (C=O) groups is 3. The molecule has 0 spiro atoms. The number of carbonyl (C=O) groups excluding carboxylic acids is 3. The predicted molar refractivity (Wildman–Crippen MR) is 207 cm³/mol. The summed E-state index contributed by atoms with van der Waals surface area (Å²) in [5.41, 5.74) is 8.22. The lowest BCUT2D eigenvalue weighted by Gasteiger charge is -2.31. The van der Waals surface area contributed by atoms with E-state index in [0.29, 0.717) is 26.1 Å². The van der Waals surface area contributed by atoms with Crippen LogP contribution in [0.4, 0.5) is 4.79 Å². The standard InChI is InChI=1S/C28H38N2O4.C15H22N2O/c1-27(2,3)34-26(32)29-17-16-23(21-10-8-7-9-11-21)24-18-28(4,5)30(25(24)31)19-20-12-14-22(33-6)15-13-20;1-15(2)10-13(14(18)17-15)12(8-9-16)11-6-4-3-5-7-11/h7-15,23-24H,16-19H2,1-6H3,(H,29,32);3-7,12-13H,8-10,16H2,1-2H3,(H,17,18). The van der Waals surface area contributed by atoms with Crippen molar-refractivity contribution < 1.29 is 23.9 Å². The first kappa shape index (κ1) is 40.4. The number of nitrogens with one attached hydrogen (secondary N) is 2. The minimum absolute atomic E-state index is 0.00350. The molecule has 9 heteroatoms. The number of nitrogens with two attached hydrogens (primary N) is 1. The summed E-state index contributed by atoms with van der Waals surface area (Å²) >= 11 is 0. The molecule has 0 aromatic heterocycles. The number of amides is 3. The molecule has 2 fully saturated rings. The Hall–Kier alpha value is -4.37. The number of nitrogens with zero attached hydrogens (tertiary/aromatic N) is 1. The third-order valence-corrected chi connectivity index (χ3v) is 10.1. The van der Waals surface area contributed by atoms with E-state index in [1.165, 1.54) is 5.56 Å². The molecule has 0 saturated carbocycles. The number of benzene rings is 3. The molecule has 52 heavy (non-hydrogen) atoms. The van der Waals surface area contributed by atoms with Crippen molar-refractivity contribution in [3.8, 4) is 5.75 Å². The van der Waals surface area contributed by atoms with Crippen LogP contribution in [0.5, 0.6) is 5.75 Å². The van der Waals surface area contributed by atoms with Gasteiger partial charge in [-0.3, -0.25) is 9.59 Å². The van der Waals surface area contributed by atoms with Gasteiger partial charge in [-0.15, -0.1) is 0 Å². The van der Waals surface area contributed by atoms with Crippen LogP contribution in [0.15, 0.2) is 84.9 Å². The van der Waals surface area contributed by atoms with Crippen LogP contribution in [-0.2, 0) is 20.9 Å². The maximum atomic E-state index is 13.7. The molecule has 2 saturated heterocycles. The number of likely N-dealkylation sites (tertiary alicyclic amines) is 1. The van der Waals surface area contributed by atoms with Crippen molar-refractivity contribution in [2.75, 3.05) is 20.2 Å². The number of hydrogen-bond donors (Lipinski definition) is 3. The zero-order valence-corrected chi connectivity index (χ0v) is 32.4. The van der Waals surface area contributed by atoms with Crippen LogP contribution >= 0.6 is 0 Å². The summed E-state index contributed by atoms with van der Waals surface area (Å²) in [6, 6.07) is 28.2. The van der Waals surface area contributed by atoms with Gasteiger partial charge in [-0.1, -0.05) is 72.8 Å². The number of rotatable bonds is 12. The average Bonchev–Trinajstić information content (AvgIpc) is 3.50. The van der Waals surface area contributed by atoms with Gasteiger partial charge >= 0.3 is 6.09 Å². The van der Waals surface area contributed by atoms with Crippen molar-refractivity contribution in [1.29, 1.82) is 0 Å². The van der Waals surface area contributed by atoms with E-state index in [0.717, 1.165) is 36.1 Å². The fourth-order valence-electron chi connectivity index (χ4n) is 7.62. The largest absolute Gasteiger partial charge is 0.497 e. The molecule has 4 N–H and O–H groups in total. The summed E-state index contributed by atoms with van der Waals surface area (Å²) in [7, 11) is 1.65. The van der Waals surface area contributed by atoms with Gasteiger partial charge in [-0.2, -0.15) is 0 Å². The lowest BCUT2D eigenvalue weighted by molar-refractivity contribution is -0.134. The molecule has 3 aromatic carbocycles. The van der Waals surface area contributed by atoms with Gasteiger partial charge in [-0.05, 0) is 121 Å². The minimum atomic E-state index is -0.545. The molecular weight excluding hydrogens is 652 g/mol. The molecule has 3 aromatic rings. The van der Waals surface area contributed by atoms with E-state index >= 15 is 0 Å². The summed E-state index contributed by atoms with van der Waals surface area (Å²) in [6.45, 7) is 15.6. The van der Waals surface area contributed by atoms with Crippen LogP contribution in [0.25, 0.3) is 0 Å². The molecule has 0 bridgehead atoms. The van der Waals surface area contributed by atoms with Gasteiger partial charge in [0.1, 0.15) is 11.4 Å². The topological polar surface area (TPSA) is 123 Å². The maximum absolute atomic E-state index is 13.7. The van der Waals surface area contributed by atoms with Crippen molar-refractivity contribution in [2.45, 2.75) is 109 Å². The Morgan fingerprint density at radius 1 is 0.865 bits per heavy atom. The zero-order chi connectivity index (χ0) is 38.1. The highest BCUT2D eigenvalue weighted by atomic mass is 16.6. The highest BCUT2D eigenvalue weighted by Gasteiger charge is 2.48. The van der Waals surface area contributed by atoms with Gasteiger partial charge in [0.05, 0.1) is 7.11 Å². The summed E-state index contributed by atoms with van der Waals surface area (Å²) in [4.78, 5) is 40.0. The number of alkyl carbamates (subject to hydrolysis) is 1. The first-order valence-corrected chi connectivity index (χ1v) is 18.6. The van der Waals surface area contributed by atoms with Crippen LogP contribution in [0.3, 0.4) is 0 Å². The molecule has 0 aliphatic carbocycles. The molecule has 5 rings (SSSR count). The highest BCUT2D eigenvalue weighted by molar-refractivity contribution is 5.84. The van der Waals surface area contributed by atoms with E-state index in [1.807, 2.05) is 86.3 Å². The van der Waals surface area contributed by atoms with Crippen molar-refractivity contribution in [1.82, 2.24) is 15.5 Å². The number of hydrogen-bond acceptors (Lipinski definition) is 6. The molecule has 9 nitrogen and oxygen atoms in total. The highest BCUT2D eigenvalue weighted by Crippen LogP contribution is 2.43. The summed E-state index contributed by atoms with van der Waals surface area (Å²) < 4.78 is 10.6. The molecule has 4 unspecified atom stereocenters. The zero-order valence-electron chi connectivity index (χ0n) is 32.4. The minimum Gasteiger partial charge on any atom is -0.497 e. The molecular formula is C43H60N4O5. The van der Waals surface area contributed by atoms with Crippen LogP contribution < -0.4 is 21.1 Å². The molecule has 3 amide bonds. The fraction of sp³-hybridized carbons (Fsp3) is 0.512. The maximum Gasteiger partial charge on any atom is 0.407 e. The first-order chi connectivity index (χ1) is 24.5. The first-order valence-electron chi connectivity index (χ1n) is 18.6. The van der Waals surface area contributed by atoms with Crippen molar-refractivity contribution in [2.24, 2.45) is 17.6 Å². The second-order valence-corrected chi connectivity index (χ2v) is 16.4. The molecule has 2 heterocycles. The number of methoxy groups -OCH3 is 1. The Bertz CT molecular complexity index is 1600. The third-order valence-electron chi connectivity index (χ3n) is 10.1. The van der Waals surface area contributed by atoms with Crippen LogP contribution in [0.1, 0.15) is 103 Å². The number of ether oxygens (including phenoxy) is 2. The third kappa shape index (κ3) is 11.1. The Morgan fingerprint density at radius 2 is 1.42 bits per heavy atom. The van der Waals surface area contributed by atoms with E-state index < -0.39 is 11.7 Å². The molecule has 0 radical (unpaired) electrons. The van der Waals surface area contributed by atoms with E-state index in [9.17, 15) is 14.4 Å². The van der Waals surface area contributed by atoms with E-state index in [1.54, 1.807) is 7.11 Å². The van der Waals surface area contributed by atoms with Gasteiger partial charge in [0.25, 0.3) is 0 Å². The summed E-state index contributed by atoms with van der Waals surface area (Å²) in [6.07, 6.45) is 2.72. The molecule has 2 aliphatic rings. The van der Waals surface area contributed by atoms with Crippen LogP contribution in [0, 0.1) is 11.8 Å². The fourth-order valence-corrected chi connectivity index (χ4v) is 7.62. The lowest BCUT2D eigenvalue weighted by Crippen LogP contribution is -2.40. The van der Waals surface area contributed by atoms with Crippen molar-refractivity contribution in [3.63, 3.8) is 0 Å². The van der Waals surface area contributed by atoms with E-state index in [2.05, 4.69) is 62.6 Å². The Kier molecular flexibility index (Phi) is 13.5. The van der Waals surface area contributed by atoms with E-state index in [4.69, 9.17) is 15.2 Å². The van der Waals surface area contributed by atoms with Gasteiger partial charge < -0.3 is 30.7 Å². The summed E-state index contributed by atoms with van der Waals surface area (Å²) in [5.74, 6) is 1.26. The normalized spacial score (nSPS) is 20.3. The van der Waals surface area contributed by atoms with Gasteiger partial charge in [0, 0.05) is 36.0 Å². The molecule has 282 valence electrons. The van der Waals surface area contributed by atoms with Crippen molar-refractivity contribution >= 4 is 17.9 Å². The quantitative estimate of drug-likeness (QED) is 0.178. The SMILES string of the molecule is CC1(C)CC(C(CCN)c2ccccc2)C(=O)N1.COc1ccc(CN2C(=O)C(C(CCNC(=O)OC(C)(C)C)c3ccccc3)CC2(C)C)cc1. The van der Waals surface area contributed by atoms with Gasteiger partial charge in [0.2, 0.25) is 11.8 Å². The van der Waals surface area contributed by atoms with E-state index in [-0.39, 0.29) is 46.6 Å². The Labute approximate surface area is 311 Å². The van der Waals surface area contributed by atoms with Crippen molar-refractivity contribution in [3.05, 3.63) is 102 Å².